The van der Waals surface area contributed by atoms with E-state index >= 15 is 0 Å². The molecular weight excluding hydrogens is 200 g/mol. The van der Waals surface area contributed by atoms with Crippen molar-refractivity contribution in [2.45, 2.75) is 39.7 Å². The van der Waals surface area contributed by atoms with E-state index in [1.165, 1.54) is 0 Å². The molecule has 88 valence electrons. The maximum atomic E-state index is 11.7. The summed E-state index contributed by atoms with van der Waals surface area (Å²) < 4.78 is 5.29. The summed E-state index contributed by atoms with van der Waals surface area (Å²) in [6, 6.07) is 9.79. The van der Waals surface area contributed by atoms with Gasteiger partial charge in [0.1, 0.15) is 6.61 Å². The van der Waals surface area contributed by atoms with E-state index in [0.717, 1.165) is 24.8 Å². The highest BCUT2D eigenvalue weighted by Crippen LogP contribution is 2.13. The van der Waals surface area contributed by atoms with Crippen LogP contribution in [-0.4, -0.2) is 5.97 Å². The van der Waals surface area contributed by atoms with Gasteiger partial charge in [0, 0.05) is 0 Å². The Hall–Kier alpha value is -1.31. The molecule has 0 fully saturated rings. The zero-order valence-electron chi connectivity index (χ0n) is 10.1. The Morgan fingerprint density at radius 1 is 1.25 bits per heavy atom. The van der Waals surface area contributed by atoms with Crippen LogP contribution in [0.25, 0.3) is 0 Å². The number of esters is 1. The molecule has 0 N–H and O–H groups in total. The van der Waals surface area contributed by atoms with E-state index < -0.39 is 0 Å². The predicted molar refractivity (Wildman–Crippen MR) is 64.9 cm³/mol. The molecule has 1 aromatic carbocycles. The first-order valence-electron chi connectivity index (χ1n) is 5.98. The third-order valence-corrected chi connectivity index (χ3v) is 2.69. The molecule has 0 spiro atoms. The molecule has 1 rings (SSSR count). The monoisotopic (exact) mass is 220 g/mol. The van der Waals surface area contributed by atoms with Gasteiger partial charge in [-0.05, 0) is 18.4 Å². The van der Waals surface area contributed by atoms with E-state index in [-0.39, 0.29) is 11.9 Å². The highest BCUT2D eigenvalue weighted by atomic mass is 16.5. The SMILES string of the molecule is CCCC(CC)C(=O)OCc1ccccc1. The van der Waals surface area contributed by atoms with Gasteiger partial charge in [-0.1, -0.05) is 50.6 Å². The van der Waals surface area contributed by atoms with Gasteiger partial charge in [0.2, 0.25) is 0 Å². The Bertz CT molecular complexity index is 306. The maximum Gasteiger partial charge on any atom is 0.309 e. The quantitative estimate of drug-likeness (QED) is 0.685. The Kier molecular flexibility index (Phi) is 5.62. The number of ether oxygens (including phenoxy) is 1. The molecule has 1 aromatic rings. The average molecular weight is 220 g/mol. The smallest absolute Gasteiger partial charge is 0.309 e. The van der Waals surface area contributed by atoms with Gasteiger partial charge in [-0.3, -0.25) is 4.79 Å². The molecule has 16 heavy (non-hydrogen) atoms. The summed E-state index contributed by atoms with van der Waals surface area (Å²) in [5.74, 6) is 0.00177. The molecule has 0 saturated carbocycles. The van der Waals surface area contributed by atoms with Crippen molar-refractivity contribution in [3.05, 3.63) is 35.9 Å². The van der Waals surface area contributed by atoms with Crippen LogP contribution in [-0.2, 0) is 16.1 Å². The highest BCUT2D eigenvalue weighted by molar-refractivity contribution is 5.72. The molecule has 0 saturated heterocycles. The molecule has 0 amide bonds. The van der Waals surface area contributed by atoms with Gasteiger partial charge < -0.3 is 4.74 Å². The molecule has 0 aliphatic heterocycles. The van der Waals surface area contributed by atoms with E-state index in [1.807, 2.05) is 37.3 Å². The van der Waals surface area contributed by atoms with Gasteiger partial charge in [0.15, 0.2) is 0 Å². The summed E-state index contributed by atoms with van der Waals surface area (Å²) in [6.45, 7) is 4.51. The largest absolute Gasteiger partial charge is 0.461 e. The first kappa shape index (κ1) is 12.8. The lowest BCUT2D eigenvalue weighted by atomic mass is 10.0. The highest BCUT2D eigenvalue weighted by Gasteiger charge is 2.16. The molecule has 0 aliphatic rings. The first-order valence-corrected chi connectivity index (χ1v) is 5.98. The van der Waals surface area contributed by atoms with Crippen molar-refractivity contribution >= 4 is 5.97 Å². The van der Waals surface area contributed by atoms with Crippen LogP contribution in [0.15, 0.2) is 30.3 Å². The van der Waals surface area contributed by atoms with Gasteiger partial charge >= 0.3 is 5.97 Å². The number of hydrogen-bond donors (Lipinski definition) is 0. The van der Waals surface area contributed by atoms with Gasteiger partial charge in [-0.15, -0.1) is 0 Å². The van der Waals surface area contributed by atoms with Gasteiger partial charge in [-0.25, -0.2) is 0 Å². The molecule has 0 radical (unpaired) electrons. The van der Waals surface area contributed by atoms with Crippen LogP contribution in [0.1, 0.15) is 38.7 Å². The molecule has 0 aromatic heterocycles. The van der Waals surface area contributed by atoms with Crippen molar-refractivity contribution in [3.63, 3.8) is 0 Å². The van der Waals surface area contributed by atoms with Crippen LogP contribution in [0.5, 0.6) is 0 Å². The van der Waals surface area contributed by atoms with Gasteiger partial charge in [0.25, 0.3) is 0 Å². The third-order valence-electron chi connectivity index (χ3n) is 2.69. The fraction of sp³-hybridized carbons (Fsp3) is 0.500. The minimum Gasteiger partial charge on any atom is -0.461 e. The van der Waals surface area contributed by atoms with Crippen LogP contribution in [0.2, 0.25) is 0 Å². The van der Waals surface area contributed by atoms with Crippen LogP contribution < -0.4 is 0 Å². The summed E-state index contributed by atoms with van der Waals surface area (Å²) in [5.41, 5.74) is 1.04. The molecule has 0 bridgehead atoms. The molecular formula is C14H20O2. The molecule has 1 atom stereocenters. The van der Waals surface area contributed by atoms with Gasteiger partial charge in [-0.2, -0.15) is 0 Å². The topological polar surface area (TPSA) is 26.3 Å². The van der Waals surface area contributed by atoms with Crippen LogP contribution in [0.4, 0.5) is 0 Å². The second-order valence-electron chi connectivity index (χ2n) is 3.99. The third kappa shape index (κ3) is 4.05. The minimum atomic E-state index is -0.0618. The van der Waals surface area contributed by atoms with E-state index in [4.69, 9.17) is 4.74 Å². The summed E-state index contributed by atoms with van der Waals surface area (Å²) in [4.78, 5) is 11.7. The zero-order chi connectivity index (χ0) is 11.8. The number of rotatable bonds is 6. The van der Waals surface area contributed by atoms with Crippen molar-refractivity contribution in [2.24, 2.45) is 5.92 Å². The predicted octanol–water partition coefficient (Wildman–Crippen LogP) is 3.56. The zero-order valence-corrected chi connectivity index (χ0v) is 10.1. The fourth-order valence-electron chi connectivity index (χ4n) is 1.68. The lowest BCUT2D eigenvalue weighted by Crippen LogP contribution is -2.16. The summed E-state index contributed by atoms with van der Waals surface area (Å²) >= 11 is 0. The lowest BCUT2D eigenvalue weighted by Gasteiger charge is -2.12. The Morgan fingerprint density at radius 2 is 1.94 bits per heavy atom. The summed E-state index contributed by atoms with van der Waals surface area (Å²) in [5, 5.41) is 0. The Labute approximate surface area is 97.6 Å². The van der Waals surface area contributed by atoms with E-state index in [2.05, 4.69) is 6.92 Å². The van der Waals surface area contributed by atoms with Crippen molar-refractivity contribution < 1.29 is 9.53 Å². The van der Waals surface area contributed by atoms with Crippen LogP contribution in [0.3, 0.4) is 0 Å². The lowest BCUT2D eigenvalue weighted by molar-refractivity contribution is -0.150. The van der Waals surface area contributed by atoms with E-state index in [9.17, 15) is 4.79 Å². The number of carbonyl (C=O) groups is 1. The Balaban J connectivity index is 2.40. The minimum absolute atomic E-state index is 0.0618. The summed E-state index contributed by atoms with van der Waals surface area (Å²) in [6.07, 6.45) is 2.81. The van der Waals surface area contributed by atoms with Crippen molar-refractivity contribution in [3.8, 4) is 0 Å². The van der Waals surface area contributed by atoms with Crippen molar-refractivity contribution in [1.29, 1.82) is 0 Å². The van der Waals surface area contributed by atoms with Gasteiger partial charge in [0.05, 0.1) is 5.92 Å². The Morgan fingerprint density at radius 3 is 2.50 bits per heavy atom. The van der Waals surface area contributed by atoms with Crippen LogP contribution in [0, 0.1) is 5.92 Å². The number of hydrogen-bond acceptors (Lipinski definition) is 2. The van der Waals surface area contributed by atoms with E-state index in [1.54, 1.807) is 0 Å². The maximum absolute atomic E-state index is 11.7. The average Bonchev–Trinajstić information content (AvgIpc) is 2.34. The number of carbonyl (C=O) groups excluding carboxylic acids is 1. The molecule has 0 aliphatic carbocycles. The first-order chi connectivity index (χ1) is 7.77. The van der Waals surface area contributed by atoms with E-state index in [0.29, 0.717) is 6.61 Å². The van der Waals surface area contributed by atoms with Crippen LogP contribution >= 0.6 is 0 Å². The fourth-order valence-corrected chi connectivity index (χ4v) is 1.68. The normalized spacial score (nSPS) is 12.1. The molecule has 0 heterocycles. The summed E-state index contributed by atoms with van der Waals surface area (Å²) in [7, 11) is 0. The van der Waals surface area contributed by atoms with Crippen molar-refractivity contribution in [2.75, 3.05) is 0 Å². The molecule has 2 nitrogen and oxygen atoms in total. The standard InChI is InChI=1S/C14H20O2/c1-3-8-13(4-2)14(15)16-11-12-9-6-5-7-10-12/h5-7,9-10,13H,3-4,8,11H2,1-2H3. The molecule has 2 heteroatoms. The molecule has 1 unspecified atom stereocenters. The van der Waals surface area contributed by atoms with Crippen molar-refractivity contribution in [1.82, 2.24) is 0 Å². The number of benzene rings is 1. The second kappa shape index (κ2) is 7.04. The second-order valence-corrected chi connectivity index (χ2v) is 3.99.